The van der Waals surface area contributed by atoms with Crippen LogP contribution in [0.15, 0.2) is 30.3 Å². The van der Waals surface area contributed by atoms with Crippen molar-refractivity contribution in [3.63, 3.8) is 0 Å². The molecule has 0 aliphatic heterocycles. The summed E-state index contributed by atoms with van der Waals surface area (Å²) in [6, 6.07) is 9.50. The van der Waals surface area contributed by atoms with Gasteiger partial charge in [-0.3, -0.25) is 4.72 Å². The molecule has 1 rings (SSSR count). The fraction of sp³-hybridized carbons (Fsp3) is 0.143. The third-order valence-electron chi connectivity index (χ3n) is 1.13. The minimum atomic E-state index is -1.01. The molecule has 0 aliphatic carbocycles. The summed E-state index contributed by atoms with van der Waals surface area (Å²) in [6.07, 6.45) is 1.80. The fourth-order valence-corrected chi connectivity index (χ4v) is 1.59. The second-order valence-corrected chi connectivity index (χ2v) is 4.78. The number of hydrogen-bond donors (Lipinski definition) is 1. The molecule has 0 saturated carbocycles. The molecule has 0 aliphatic rings. The van der Waals surface area contributed by atoms with E-state index < -0.39 is 10.0 Å². The third kappa shape index (κ3) is 2.95. The van der Waals surface area contributed by atoms with E-state index in [1.807, 2.05) is 30.3 Å². The van der Waals surface area contributed by atoms with E-state index in [2.05, 4.69) is 4.72 Å². The minimum absolute atomic E-state index is 0.889. The summed E-state index contributed by atoms with van der Waals surface area (Å²) in [5, 5.41) is 0. The summed E-state index contributed by atoms with van der Waals surface area (Å²) in [5.41, 5.74) is 0.889. The lowest BCUT2D eigenvalue weighted by atomic mass is 10.3. The molecule has 0 spiro atoms. The lowest BCUT2D eigenvalue weighted by molar-refractivity contribution is 0.694. The van der Waals surface area contributed by atoms with Crippen molar-refractivity contribution in [1.82, 2.24) is 0 Å². The molecule has 0 radical (unpaired) electrons. The Morgan fingerprint density at radius 1 is 1.36 bits per heavy atom. The summed E-state index contributed by atoms with van der Waals surface area (Å²) in [7, 11) is 0.269. The van der Waals surface area contributed by atoms with Crippen molar-refractivity contribution in [3.8, 4) is 0 Å². The summed E-state index contributed by atoms with van der Waals surface area (Å²) in [5.74, 6) is 0. The molecule has 1 aromatic rings. The van der Waals surface area contributed by atoms with Crippen LogP contribution in [0.5, 0.6) is 0 Å². The molecule has 1 N–H and O–H groups in total. The average Bonchev–Trinajstić information content (AvgIpc) is 2.06. The number of anilines is 1. The van der Waals surface area contributed by atoms with Gasteiger partial charge in [-0.15, -0.1) is 0 Å². The van der Waals surface area contributed by atoms with E-state index in [9.17, 15) is 4.21 Å². The Kier molecular flexibility index (Phi) is 3.45. The molecule has 0 bridgehead atoms. The highest BCUT2D eigenvalue weighted by Crippen LogP contribution is 2.10. The molecule has 60 valence electrons. The highest BCUT2D eigenvalue weighted by molar-refractivity contribution is 8.69. The normalized spacial score (nSPS) is 12.5. The van der Waals surface area contributed by atoms with Crippen molar-refractivity contribution in [2.75, 3.05) is 11.0 Å². The van der Waals surface area contributed by atoms with E-state index in [1.165, 1.54) is 10.8 Å². The largest absolute Gasteiger partial charge is 0.296 e. The van der Waals surface area contributed by atoms with Gasteiger partial charge in [-0.05, 0) is 29.2 Å². The van der Waals surface area contributed by atoms with Crippen LogP contribution in [-0.2, 0) is 10.0 Å². The van der Waals surface area contributed by atoms with Gasteiger partial charge < -0.3 is 0 Å². The number of para-hydroxylation sites is 1. The van der Waals surface area contributed by atoms with Crippen LogP contribution in [0.2, 0.25) is 0 Å². The van der Waals surface area contributed by atoms with Crippen LogP contribution in [0.3, 0.4) is 0 Å². The quantitative estimate of drug-likeness (QED) is 0.734. The van der Waals surface area contributed by atoms with Crippen LogP contribution in [0.1, 0.15) is 0 Å². The molecule has 0 fully saturated rings. The smallest absolute Gasteiger partial charge is 0.179 e. The van der Waals surface area contributed by atoms with Gasteiger partial charge in [-0.2, -0.15) is 0 Å². The molecule has 0 aromatic heterocycles. The monoisotopic (exact) mass is 187 g/mol. The Hall–Kier alpha value is -0.480. The van der Waals surface area contributed by atoms with Crippen molar-refractivity contribution >= 4 is 26.5 Å². The Bertz CT molecular complexity index is 237. The summed E-state index contributed by atoms with van der Waals surface area (Å²) < 4.78 is 13.8. The molecule has 0 heterocycles. The second-order valence-electron chi connectivity index (χ2n) is 1.87. The lowest BCUT2D eigenvalue weighted by Gasteiger charge is -2.00. The number of rotatable bonds is 3. The molecule has 1 atom stereocenters. The fourth-order valence-electron chi connectivity index (χ4n) is 0.644. The molecule has 1 unspecified atom stereocenters. The summed E-state index contributed by atoms with van der Waals surface area (Å²) >= 11 is 0. The molecule has 4 heteroatoms. The van der Waals surface area contributed by atoms with E-state index in [4.69, 9.17) is 0 Å². The molecule has 0 amide bonds. The van der Waals surface area contributed by atoms with Gasteiger partial charge in [0.15, 0.2) is 10.0 Å². The van der Waals surface area contributed by atoms with Gasteiger partial charge in [0.05, 0.1) is 0 Å². The molecule has 0 saturated heterocycles. The molecular formula is C7H9NOS2. The number of benzene rings is 1. The van der Waals surface area contributed by atoms with Crippen molar-refractivity contribution in [2.45, 2.75) is 0 Å². The SMILES string of the molecule is CSS(=O)Nc1ccccc1. The van der Waals surface area contributed by atoms with Crippen LogP contribution in [0.25, 0.3) is 0 Å². The van der Waals surface area contributed by atoms with Crippen molar-refractivity contribution < 1.29 is 4.21 Å². The Labute approximate surface area is 72.4 Å². The standard InChI is InChI=1S/C7H9NOS2/c1-10-11(9)8-7-5-3-2-4-6-7/h2-6,8H,1H3. The Morgan fingerprint density at radius 3 is 2.55 bits per heavy atom. The van der Waals surface area contributed by atoms with Gasteiger partial charge in [-0.1, -0.05) is 18.2 Å². The average molecular weight is 187 g/mol. The Balaban J connectivity index is 2.58. The number of nitrogens with one attached hydrogen (secondary N) is 1. The zero-order chi connectivity index (χ0) is 8.10. The predicted octanol–water partition coefficient (Wildman–Crippen LogP) is 2.04. The summed E-state index contributed by atoms with van der Waals surface area (Å²) in [4.78, 5) is 0. The van der Waals surface area contributed by atoms with Gasteiger partial charge in [0, 0.05) is 5.69 Å². The van der Waals surface area contributed by atoms with Gasteiger partial charge in [0.25, 0.3) is 0 Å². The van der Waals surface area contributed by atoms with Crippen molar-refractivity contribution in [1.29, 1.82) is 0 Å². The van der Waals surface area contributed by atoms with Crippen LogP contribution in [-0.4, -0.2) is 10.5 Å². The maximum atomic E-state index is 10.9. The first kappa shape index (κ1) is 8.62. The zero-order valence-electron chi connectivity index (χ0n) is 6.11. The molecule has 1 aromatic carbocycles. The molecular weight excluding hydrogens is 178 g/mol. The zero-order valence-corrected chi connectivity index (χ0v) is 7.74. The number of hydrogen-bond acceptors (Lipinski definition) is 2. The van der Waals surface area contributed by atoms with E-state index in [0.717, 1.165) is 5.69 Å². The van der Waals surface area contributed by atoms with Crippen LogP contribution in [0.4, 0.5) is 5.69 Å². The minimum Gasteiger partial charge on any atom is -0.296 e. The first-order valence-corrected chi connectivity index (χ1v) is 6.00. The van der Waals surface area contributed by atoms with Gasteiger partial charge in [-0.25, -0.2) is 4.21 Å². The first-order valence-electron chi connectivity index (χ1n) is 3.11. The van der Waals surface area contributed by atoms with Crippen LogP contribution < -0.4 is 4.72 Å². The third-order valence-corrected chi connectivity index (χ3v) is 2.99. The highest BCUT2D eigenvalue weighted by atomic mass is 33.1. The van der Waals surface area contributed by atoms with E-state index in [0.29, 0.717) is 0 Å². The lowest BCUT2D eigenvalue weighted by Crippen LogP contribution is -1.97. The van der Waals surface area contributed by atoms with E-state index in [-0.39, 0.29) is 0 Å². The molecule has 2 nitrogen and oxygen atoms in total. The van der Waals surface area contributed by atoms with Crippen molar-refractivity contribution in [3.05, 3.63) is 30.3 Å². The summed E-state index contributed by atoms with van der Waals surface area (Å²) in [6.45, 7) is 0. The van der Waals surface area contributed by atoms with E-state index >= 15 is 0 Å². The first-order chi connectivity index (χ1) is 5.33. The van der Waals surface area contributed by atoms with Crippen molar-refractivity contribution in [2.24, 2.45) is 0 Å². The maximum Gasteiger partial charge on any atom is 0.179 e. The highest BCUT2D eigenvalue weighted by Gasteiger charge is 1.94. The van der Waals surface area contributed by atoms with Crippen LogP contribution >= 0.6 is 10.8 Å². The Morgan fingerprint density at radius 2 is 2.00 bits per heavy atom. The predicted molar refractivity (Wildman–Crippen MR) is 51.7 cm³/mol. The topological polar surface area (TPSA) is 29.1 Å². The second kappa shape index (κ2) is 4.41. The van der Waals surface area contributed by atoms with E-state index in [1.54, 1.807) is 6.26 Å². The van der Waals surface area contributed by atoms with Gasteiger partial charge in [0.1, 0.15) is 0 Å². The molecule has 11 heavy (non-hydrogen) atoms. The van der Waals surface area contributed by atoms with Gasteiger partial charge in [0.2, 0.25) is 0 Å². The maximum absolute atomic E-state index is 10.9. The van der Waals surface area contributed by atoms with Gasteiger partial charge >= 0.3 is 0 Å². The van der Waals surface area contributed by atoms with Crippen LogP contribution in [0, 0.1) is 0 Å².